The number of amides is 2. The molecule has 2 aromatic rings. The Bertz CT molecular complexity index is 836. The molecule has 6 heteroatoms. The molecule has 3 rings (SSSR count). The molecule has 1 aromatic heterocycles. The number of hydrogen-bond donors (Lipinski definition) is 2. The van der Waals surface area contributed by atoms with Crippen LogP contribution in [0.25, 0.3) is 0 Å². The van der Waals surface area contributed by atoms with E-state index in [4.69, 9.17) is 0 Å². The van der Waals surface area contributed by atoms with Gasteiger partial charge in [0.25, 0.3) is 5.91 Å². The normalized spacial score (nSPS) is 15.9. The third kappa shape index (κ3) is 4.27. The highest BCUT2D eigenvalue weighted by Gasteiger charge is 2.27. The number of aryl methyl sites for hydroxylation is 1. The van der Waals surface area contributed by atoms with E-state index in [2.05, 4.69) is 36.2 Å². The molecule has 0 fully saturated rings. The van der Waals surface area contributed by atoms with Crippen molar-refractivity contribution in [1.29, 1.82) is 0 Å². The summed E-state index contributed by atoms with van der Waals surface area (Å²) in [5.74, 6) is -0.308. The smallest absolute Gasteiger partial charge is 0.251 e. The minimum atomic E-state index is -0.216. The average Bonchev–Trinajstić information content (AvgIpc) is 3.12. The zero-order valence-electron chi connectivity index (χ0n) is 15.9. The maximum atomic E-state index is 12.7. The molecule has 2 N–H and O–H groups in total. The summed E-state index contributed by atoms with van der Waals surface area (Å²) in [5.41, 5.74) is 3.90. The van der Waals surface area contributed by atoms with Gasteiger partial charge in [-0.05, 0) is 62.4 Å². The van der Waals surface area contributed by atoms with Crippen molar-refractivity contribution in [3.05, 3.63) is 65.5 Å². The Morgan fingerprint density at radius 3 is 2.74 bits per heavy atom. The van der Waals surface area contributed by atoms with Crippen molar-refractivity contribution in [1.82, 2.24) is 20.4 Å². The van der Waals surface area contributed by atoms with Gasteiger partial charge in [0.2, 0.25) is 5.91 Å². The van der Waals surface area contributed by atoms with Crippen molar-refractivity contribution in [3.63, 3.8) is 0 Å². The van der Waals surface area contributed by atoms with Crippen LogP contribution in [0.1, 0.15) is 66.0 Å². The SMILES string of the molecule is C=CC(=O)NCc1ccc(C(=O)NC2CCCc3cnn(C(C)C)c32)cc1. The minimum absolute atomic E-state index is 0.0160. The van der Waals surface area contributed by atoms with E-state index in [0.717, 1.165) is 30.5 Å². The zero-order chi connectivity index (χ0) is 19.4. The maximum Gasteiger partial charge on any atom is 0.251 e. The fourth-order valence-electron chi connectivity index (χ4n) is 3.45. The first-order valence-corrected chi connectivity index (χ1v) is 9.36. The number of carbonyl (C=O) groups is 2. The first-order chi connectivity index (χ1) is 13.0. The van der Waals surface area contributed by atoms with Crippen LogP contribution in [0.5, 0.6) is 0 Å². The molecule has 0 saturated heterocycles. The summed E-state index contributed by atoms with van der Waals surface area (Å²) in [6.45, 7) is 8.04. The molecular formula is C21H26N4O2. The molecule has 0 bridgehead atoms. The highest BCUT2D eigenvalue weighted by atomic mass is 16.2. The van der Waals surface area contributed by atoms with E-state index in [1.165, 1.54) is 11.6 Å². The molecular weight excluding hydrogens is 340 g/mol. The minimum Gasteiger partial charge on any atom is -0.348 e. The van der Waals surface area contributed by atoms with E-state index >= 15 is 0 Å². The Kier molecular flexibility index (Phi) is 5.74. The van der Waals surface area contributed by atoms with Crippen molar-refractivity contribution in [2.24, 2.45) is 0 Å². The van der Waals surface area contributed by atoms with Gasteiger partial charge in [-0.3, -0.25) is 14.3 Å². The van der Waals surface area contributed by atoms with Gasteiger partial charge >= 0.3 is 0 Å². The topological polar surface area (TPSA) is 76.0 Å². The van der Waals surface area contributed by atoms with E-state index in [1.807, 2.05) is 23.0 Å². The first kappa shape index (κ1) is 18.9. The Morgan fingerprint density at radius 2 is 2.07 bits per heavy atom. The number of aromatic nitrogens is 2. The number of rotatable bonds is 6. The molecule has 2 amide bonds. The Hall–Kier alpha value is -2.89. The van der Waals surface area contributed by atoms with Gasteiger partial charge in [0, 0.05) is 18.2 Å². The van der Waals surface area contributed by atoms with Gasteiger partial charge in [0.1, 0.15) is 0 Å². The standard InChI is InChI=1S/C21H26N4O2/c1-4-19(26)22-12-15-8-10-16(11-9-15)21(27)24-18-7-5-6-17-13-23-25(14(2)3)20(17)18/h4,8-11,13-14,18H,1,5-7,12H2,2-3H3,(H,22,26)(H,24,27). The monoisotopic (exact) mass is 366 g/mol. The molecule has 142 valence electrons. The Labute approximate surface area is 159 Å². The summed E-state index contributed by atoms with van der Waals surface area (Å²) in [6.07, 6.45) is 6.15. The number of nitrogens with one attached hydrogen (secondary N) is 2. The predicted molar refractivity (Wildman–Crippen MR) is 104 cm³/mol. The van der Waals surface area contributed by atoms with Crippen LogP contribution in [-0.4, -0.2) is 21.6 Å². The molecule has 0 saturated carbocycles. The Morgan fingerprint density at radius 1 is 1.33 bits per heavy atom. The van der Waals surface area contributed by atoms with Crippen molar-refractivity contribution < 1.29 is 9.59 Å². The van der Waals surface area contributed by atoms with Gasteiger partial charge in [0.15, 0.2) is 0 Å². The molecule has 1 heterocycles. The number of hydrogen-bond acceptors (Lipinski definition) is 3. The summed E-state index contributed by atoms with van der Waals surface area (Å²) in [6, 6.07) is 7.52. The molecule has 1 aromatic carbocycles. The summed E-state index contributed by atoms with van der Waals surface area (Å²) >= 11 is 0. The fourth-order valence-corrected chi connectivity index (χ4v) is 3.45. The number of benzene rings is 1. The zero-order valence-corrected chi connectivity index (χ0v) is 15.9. The van der Waals surface area contributed by atoms with E-state index in [-0.39, 0.29) is 23.9 Å². The van der Waals surface area contributed by atoms with Crippen LogP contribution in [0.3, 0.4) is 0 Å². The molecule has 1 atom stereocenters. The molecule has 0 spiro atoms. The van der Waals surface area contributed by atoms with Crippen molar-refractivity contribution in [2.45, 2.75) is 51.7 Å². The maximum absolute atomic E-state index is 12.7. The van der Waals surface area contributed by atoms with Crippen LogP contribution in [0.2, 0.25) is 0 Å². The lowest BCUT2D eigenvalue weighted by Gasteiger charge is -2.26. The highest BCUT2D eigenvalue weighted by molar-refractivity contribution is 5.94. The van der Waals surface area contributed by atoms with Crippen LogP contribution in [0.4, 0.5) is 0 Å². The average molecular weight is 366 g/mol. The van der Waals surface area contributed by atoms with Gasteiger partial charge in [-0.15, -0.1) is 0 Å². The number of carbonyl (C=O) groups excluding carboxylic acids is 2. The largest absolute Gasteiger partial charge is 0.348 e. The van der Waals surface area contributed by atoms with Crippen molar-refractivity contribution >= 4 is 11.8 Å². The summed E-state index contributed by atoms with van der Waals surface area (Å²) in [7, 11) is 0. The highest BCUT2D eigenvalue weighted by Crippen LogP contribution is 2.31. The second kappa shape index (κ2) is 8.20. The summed E-state index contributed by atoms with van der Waals surface area (Å²) in [5, 5.41) is 10.4. The van der Waals surface area contributed by atoms with Crippen LogP contribution in [-0.2, 0) is 17.8 Å². The number of nitrogens with zero attached hydrogens (tertiary/aromatic N) is 2. The quantitative estimate of drug-likeness (QED) is 0.772. The van der Waals surface area contributed by atoms with Gasteiger partial charge in [-0.25, -0.2) is 0 Å². The predicted octanol–water partition coefficient (Wildman–Crippen LogP) is 3.07. The lowest BCUT2D eigenvalue weighted by atomic mass is 9.93. The molecule has 6 nitrogen and oxygen atoms in total. The van der Waals surface area contributed by atoms with Crippen LogP contribution >= 0.6 is 0 Å². The van der Waals surface area contributed by atoms with Crippen LogP contribution in [0, 0.1) is 0 Å². The second-order valence-corrected chi connectivity index (χ2v) is 7.13. The van der Waals surface area contributed by atoms with Gasteiger partial charge < -0.3 is 10.6 Å². The third-order valence-electron chi connectivity index (χ3n) is 4.85. The Balaban J connectivity index is 1.69. The third-order valence-corrected chi connectivity index (χ3v) is 4.85. The first-order valence-electron chi connectivity index (χ1n) is 9.36. The summed E-state index contributed by atoms with van der Waals surface area (Å²) in [4.78, 5) is 24.0. The lowest BCUT2D eigenvalue weighted by Crippen LogP contribution is -2.32. The van der Waals surface area contributed by atoms with E-state index in [9.17, 15) is 9.59 Å². The fraction of sp³-hybridized carbons (Fsp3) is 0.381. The molecule has 0 aliphatic heterocycles. The van der Waals surface area contributed by atoms with E-state index in [0.29, 0.717) is 12.1 Å². The van der Waals surface area contributed by atoms with Gasteiger partial charge in [-0.2, -0.15) is 5.10 Å². The van der Waals surface area contributed by atoms with Crippen LogP contribution < -0.4 is 10.6 Å². The summed E-state index contributed by atoms with van der Waals surface area (Å²) < 4.78 is 2.02. The van der Waals surface area contributed by atoms with E-state index < -0.39 is 0 Å². The molecule has 27 heavy (non-hydrogen) atoms. The number of fused-ring (bicyclic) bond motifs is 1. The van der Waals surface area contributed by atoms with Gasteiger partial charge in [0.05, 0.1) is 17.9 Å². The van der Waals surface area contributed by atoms with Gasteiger partial charge in [-0.1, -0.05) is 18.7 Å². The molecule has 1 aliphatic rings. The van der Waals surface area contributed by atoms with Crippen LogP contribution in [0.15, 0.2) is 43.1 Å². The lowest BCUT2D eigenvalue weighted by molar-refractivity contribution is -0.116. The second-order valence-electron chi connectivity index (χ2n) is 7.13. The van der Waals surface area contributed by atoms with E-state index in [1.54, 1.807) is 12.1 Å². The molecule has 1 unspecified atom stereocenters. The molecule has 1 aliphatic carbocycles. The molecule has 0 radical (unpaired) electrons. The van der Waals surface area contributed by atoms with Crippen molar-refractivity contribution in [3.8, 4) is 0 Å². The van der Waals surface area contributed by atoms with Crippen molar-refractivity contribution in [2.75, 3.05) is 0 Å².